The van der Waals surface area contributed by atoms with Crippen molar-refractivity contribution < 1.29 is 19.1 Å². The Kier molecular flexibility index (Phi) is 6.50. The average Bonchev–Trinajstić information content (AvgIpc) is 2.82. The van der Waals surface area contributed by atoms with Crippen LogP contribution in [0, 0.1) is 0 Å². The van der Waals surface area contributed by atoms with Gasteiger partial charge in [-0.05, 0) is 72.7 Å². The molecule has 0 heterocycles. The third-order valence-corrected chi connectivity index (χ3v) is 5.73. The summed E-state index contributed by atoms with van der Waals surface area (Å²) in [6.07, 6.45) is 3.17. The summed E-state index contributed by atoms with van der Waals surface area (Å²) in [7, 11) is 0. The lowest BCUT2D eigenvalue weighted by Crippen LogP contribution is -2.11. The number of hydrogen-bond acceptors (Lipinski definition) is 4. The molecule has 3 aromatic rings. The van der Waals surface area contributed by atoms with Crippen LogP contribution >= 0.6 is 0 Å². The van der Waals surface area contributed by atoms with Gasteiger partial charge in [-0.3, -0.25) is 4.79 Å². The fourth-order valence-electron chi connectivity index (χ4n) is 3.91. The molecule has 32 heavy (non-hydrogen) atoms. The quantitative estimate of drug-likeness (QED) is 0.335. The molecule has 1 aliphatic carbocycles. The lowest BCUT2D eigenvalue weighted by atomic mass is 9.88. The normalized spacial score (nSPS) is 12.7. The van der Waals surface area contributed by atoms with E-state index in [1.54, 1.807) is 18.2 Å². The maximum absolute atomic E-state index is 12.8. The smallest absolute Gasteiger partial charge is 0.338 e. The first-order chi connectivity index (χ1) is 15.5. The highest BCUT2D eigenvalue weighted by Crippen LogP contribution is 2.32. The molecule has 162 valence electrons. The van der Waals surface area contributed by atoms with E-state index in [1.165, 1.54) is 12.5 Å². The SMILES string of the molecule is C=C1CCCc2ccc(OCc3cc(C(C)=O)ccc3C(=O)OCc3ccccc3)cc21. The summed E-state index contributed by atoms with van der Waals surface area (Å²) in [6.45, 7) is 6.01. The number of ketones is 1. The Morgan fingerprint density at radius 3 is 2.53 bits per heavy atom. The van der Waals surface area contributed by atoms with Gasteiger partial charge in [0, 0.05) is 11.1 Å². The van der Waals surface area contributed by atoms with E-state index in [1.807, 2.05) is 42.5 Å². The molecular formula is C28H26O4. The molecule has 0 radical (unpaired) electrons. The first-order valence-electron chi connectivity index (χ1n) is 10.8. The molecule has 0 saturated carbocycles. The zero-order valence-electron chi connectivity index (χ0n) is 18.2. The number of benzene rings is 3. The summed E-state index contributed by atoms with van der Waals surface area (Å²) in [6, 6.07) is 20.5. The molecule has 0 unspecified atom stereocenters. The maximum atomic E-state index is 12.8. The molecule has 3 aromatic carbocycles. The number of Topliss-reactive ketones (excluding diaryl/α,β-unsaturated/α-hetero) is 1. The molecule has 0 fully saturated rings. The standard InChI is InChI=1S/C28H26O4/c1-19-7-6-10-22-11-13-25(16-27(19)22)31-18-24-15-23(20(2)29)12-14-26(24)28(30)32-17-21-8-4-3-5-9-21/h3-5,8-9,11-16H,1,6-7,10,17-18H2,2H3. The van der Waals surface area contributed by atoms with Crippen LogP contribution in [0.5, 0.6) is 5.75 Å². The van der Waals surface area contributed by atoms with Crippen molar-refractivity contribution in [3.63, 3.8) is 0 Å². The van der Waals surface area contributed by atoms with Crippen molar-refractivity contribution in [1.82, 2.24) is 0 Å². The molecule has 0 amide bonds. The monoisotopic (exact) mass is 426 g/mol. The molecule has 4 rings (SSSR count). The number of allylic oxidation sites excluding steroid dienone is 1. The topological polar surface area (TPSA) is 52.6 Å². The van der Waals surface area contributed by atoms with E-state index in [2.05, 4.69) is 12.6 Å². The molecule has 0 bridgehead atoms. The van der Waals surface area contributed by atoms with Gasteiger partial charge < -0.3 is 9.47 Å². The Hall–Kier alpha value is -3.66. The number of aryl methyl sites for hydroxylation is 1. The van der Waals surface area contributed by atoms with Gasteiger partial charge in [0.1, 0.15) is 19.0 Å². The molecule has 4 heteroatoms. The van der Waals surface area contributed by atoms with E-state index in [9.17, 15) is 9.59 Å². The summed E-state index contributed by atoms with van der Waals surface area (Å²) in [5.41, 5.74) is 6.02. The van der Waals surface area contributed by atoms with Gasteiger partial charge in [0.25, 0.3) is 0 Å². The molecule has 0 aliphatic heterocycles. The minimum absolute atomic E-state index is 0.0690. The third kappa shape index (κ3) is 4.97. The van der Waals surface area contributed by atoms with Gasteiger partial charge in [-0.2, -0.15) is 0 Å². The molecule has 0 spiro atoms. The summed E-state index contributed by atoms with van der Waals surface area (Å²) < 4.78 is 11.5. The van der Waals surface area contributed by atoms with Gasteiger partial charge >= 0.3 is 5.97 Å². The van der Waals surface area contributed by atoms with Crippen molar-refractivity contribution in [2.45, 2.75) is 39.4 Å². The molecule has 0 N–H and O–H groups in total. The van der Waals surface area contributed by atoms with Crippen LogP contribution in [-0.2, 0) is 24.4 Å². The van der Waals surface area contributed by atoms with Crippen molar-refractivity contribution in [2.24, 2.45) is 0 Å². The summed E-state index contributed by atoms with van der Waals surface area (Å²) >= 11 is 0. The predicted octanol–water partition coefficient (Wildman–Crippen LogP) is 6.17. The summed E-state index contributed by atoms with van der Waals surface area (Å²) in [5.74, 6) is 0.200. The molecular weight excluding hydrogens is 400 g/mol. The van der Waals surface area contributed by atoms with E-state index >= 15 is 0 Å². The van der Waals surface area contributed by atoms with Crippen LogP contribution in [-0.4, -0.2) is 11.8 Å². The second-order valence-corrected chi connectivity index (χ2v) is 8.05. The largest absolute Gasteiger partial charge is 0.489 e. The van der Waals surface area contributed by atoms with Crippen LogP contribution in [0.2, 0.25) is 0 Å². The van der Waals surface area contributed by atoms with Gasteiger partial charge in [-0.25, -0.2) is 4.79 Å². The van der Waals surface area contributed by atoms with E-state index < -0.39 is 5.97 Å². The van der Waals surface area contributed by atoms with Crippen LogP contribution in [0.1, 0.15) is 62.7 Å². The number of ether oxygens (including phenoxy) is 2. The van der Waals surface area contributed by atoms with Crippen LogP contribution in [0.25, 0.3) is 5.57 Å². The van der Waals surface area contributed by atoms with Gasteiger partial charge in [-0.1, -0.05) is 49.0 Å². The van der Waals surface area contributed by atoms with Crippen molar-refractivity contribution >= 4 is 17.3 Å². The fourth-order valence-corrected chi connectivity index (χ4v) is 3.91. The van der Waals surface area contributed by atoms with Crippen molar-refractivity contribution in [3.8, 4) is 5.75 Å². The number of rotatable bonds is 7. The number of esters is 1. The Morgan fingerprint density at radius 2 is 1.75 bits per heavy atom. The predicted molar refractivity (Wildman–Crippen MR) is 125 cm³/mol. The highest BCUT2D eigenvalue weighted by Gasteiger charge is 2.17. The third-order valence-electron chi connectivity index (χ3n) is 5.73. The second-order valence-electron chi connectivity index (χ2n) is 8.05. The van der Waals surface area contributed by atoms with Gasteiger partial charge in [0.15, 0.2) is 5.78 Å². The number of hydrogen-bond donors (Lipinski definition) is 0. The van der Waals surface area contributed by atoms with Crippen molar-refractivity contribution in [1.29, 1.82) is 0 Å². The van der Waals surface area contributed by atoms with Gasteiger partial charge in [-0.15, -0.1) is 0 Å². The molecule has 0 aromatic heterocycles. The molecule has 1 aliphatic rings. The minimum atomic E-state index is -0.443. The Morgan fingerprint density at radius 1 is 0.938 bits per heavy atom. The lowest BCUT2D eigenvalue weighted by Gasteiger charge is -2.19. The number of carbonyl (C=O) groups is 2. The van der Waals surface area contributed by atoms with E-state index in [-0.39, 0.29) is 19.0 Å². The first-order valence-corrected chi connectivity index (χ1v) is 10.8. The summed E-state index contributed by atoms with van der Waals surface area (Å²) in [4.78, 5) is 24.7. The van der Waals surface area contributed by atoms with Crippen LogP contribution in [0.15, 0.2) is 73.3 Å². The van der Waals surface area contributed by atoms with E-state index in [0.717, 1.165) is 36.0 Å². The van der Waals surface area contributed by atoms with Crippen molar-refractivity contribution in [2.75, 3.05) is 0 Å². The number of carbonyl (C=O) groups excluding carboxylic acids is 2. The zero-order valence-corrected chi connectivity index (χ0v) is 18.2. The molecule has 4 nitrogen and oxygen atoms in total. The second kappa shape index (κ2) is 9.65. The summed E-state index contributed by atoms with van der Waals surface area (Å²) in [5, 5.41) is 0. The number of fused-ring (bicyclic) bond motifs is 1. The van der Waals surface area contributed by atoms with Crippen LogP contribution in [0.3, 0.4) is 0 Å². The Balaban J connectivity index is 1.53. The fraction of sp³-hybridized carbons (Fsp3) is 0.214. The lowest BCUT2D eigenvalue weighted by molar-refractivity contribution is 0.0469. The molecule has 0 saturated heterocycles. The Bertz CT molecular complexity index is 1160. The van der Waals surface area contributed by atoms with E-state index in [0.29, 0.717) is 22.4 Å². The first kappa shape index (κ1) is 21.6. The highest BCUT2D eigenvalue weighted by molar-refractivity contribution is 5.97. The van der Waals surface area contributed by atoms with Crippen molar-refractivity contribution in [3.05, 3.63) is 107 Å². The maximum Gasteiger partial charge on any atom is 0.338 e. The molecule has 0 atom stereocenters. The Labute approximate surface area is 188 Å². The zero-order chi connectivity index (χ0) is 22.5. The van der Waals surface area contributed by atoms with Crippen LogP contribution < -0.4 is 4.74 Å². The van der Waals surface area contributed by atoms with E-state index in [4.69, 9.17) is 9.47 Å². The average molecular weight is 427 g/mol. The van der Waals surface area contributed by atoms with Gasteiger partial charge in [0.05, 0.1) is 5.56 Å². The minimum Gasteiger partial charge on any atom is -0.489 e. The van der Waals surface area contributed by atoms with Gasteiger partial charge in [0.2, 0.25) is 0 Å². The highest BCUT2D eigenvalue weighted by atomic mass is 16.5. The van der Waals surface area contributed by atoms with Crippen LogP contribution in [0.4, 0.5) is 0 Å².